The van der Waals surface area contributed by atoms with Crippen LogP contribution in [0.1, 0.15) is 5.56 Å². The molecule has 1 rings (SSSR count). The summed E-state index contributed by atoms with van der Waals surface area (Å²) in [4.78, 5) is 0. The van der Waals surface area contributed by atoms with Gasteiger partial charge in [0.05, 0.1) is 0 Å². The number of rotatable bonds is 3. The Bertz CT molecular complexity index is 293. The first-order chi connectivity index (χ1) is 6.13. The maximum atomic E-state index is 12.9. The number of hydrogen-bond donors (Lipinski definition) is 3. The molecule has 0 aliphatic carbocycles. The third kappa shape index (κ3) is 2.80. The molecule has 0 aromatic heterocycles. The summed E-state index contributed by atoms with van der Waals surface area (Å²) in [7, 11) is 0.117. The van der Waals surface area contributed by atoms with E-state index in [0.29, 0.717) is 12.1 Å². The lowest BCUT2D eigenvalue weighted by Gasteiger charge is -2.04. The van der Waals surface area contributed by atoms with Gasteiger partial charge < -0.3 is 15.4 Å². The van der Waals surface area contributed by atoms with E-state index in [1.54, 1.807) is 13.1 Å². The second kappa shape index (κ2) is 4.36. The Morgan fingerprint density at radius 2 is 2.08 bits per heavy atom. The molecule has 0 saturated heterocycles. The van der Waals surface area contributed by atoms with Crippen molar-refractivity contribution in [2.75, 3.05) is 7.05 Å². The monoisotopic (exact) mass is 183 g/mol. The standard InChI is InChI=1S/C8H11BFNO2/c1-11-5-6-2-7(9(12)13)4-8(10)3-6/h2-4,11-13H,5H2,1H3. The molecule has 0 bridgehead atoms. The summed E-state index contributed by atoms with van der Waals surface area (Å²) in [6.45, 7) is 0.498. The molecule has 0 fully saturated rings. The number of benzene rings is 1. The van der Waals surface area contributed by atoms with Crippen LogP contribution in [0, 0.1) is 5.82 Å². The third-order valence-corrected chi connectivity index (χ3v) is 1.66. The Labute approximate surface area is 76.4 Å². The summed E-state index contributed by atoms with van der Waals surface area (Å²) in [5.74, 6) is -0.462. The predicted molar refractivity (Wildman–Crippen MR) is 49.0 cm³/mol. The van der Waals surface area contributed by atoms with E-state index in [-0.39, 0.29) is 5.46 Å². The van der Waals surface area contributed by atoms with Gasteiger partial charge in [-0.1, -0.05) is 6.07 Å². The zero-order chi connectivity index (χ0) is 9.84. The average Bonchev–Trinajstić information content (AvgIpc) is 2.03. The summed E-state index contributed by atoms with van der Waals surface area (Å²) in [6.07, 6.45) is 0. The van der Waals surface area contributed by atoms with Gasteiger partial charge in [0.2, 0.25) is 0 Å². The van der Waals surface area contributed by atoms with Crippen molar-refractivity contribution in [3.8, 4) is 0 Å². The Morgan fingerprint density at radius 3 is 2.62 bits per heavy atom. The lowest BCUT2D eigenvalue weighted by molar-refractivity contribution is 0.425. The van der Waals surface area contributed by atoms with Crippen molar-refractivity contribution in [2.24, 2.45) is 0 Å². The first kappa shape index (κ1) is 10.2. The van der Waals surface area contributed by atoms with Gasteiger partial charge in [0.1, 0.15) is 5.82 Å². The molecule has 70 valence electrons. The molecule has 1 aromatic rings. The van der Waals surface area contributed by atoms with E-state index in [0.717, 1.165) is 6.07 Å². The molecule has 0 heterocycles. The molecule has 0 amide bonds. The van der Waals surface area contributed by atoms with Crippen molar-refractivity contribution < 1.29 is 14.4 Å². The molecule has 3 N–H and O–H groups in total. The van der Waals surface area contributed by atoms with Gasteiger partial charge in [-0.3, -0.25) is 0 Å². The quantitative estimate of drug-likeness (QED) is 0.539. The van der Waals surface area contributed by atoms with Crippen LogP contribution in [0.3, 0.4) is 0 Å². The average molecular weight is 183 g/mol. The van der Waals surface area contributed by atoms with E-state index >= 15 is 0 Å². The molecular formula is C8H11BFNO2. The van der Waals surface area contributed by atoms with Crippen molar-refractivity contribution in [3.05, 3.63) is 29.6 Å². The van der Waals surface area contributed by atoms with Crippen LogP contribution in [-0.4, -0.2) is 24.2 Å². The molecule has 0 aliphatic heterocycles. The van der Waals surface area contributed by atoms with Crippen LogP contribution < -0.4 is 10.8 Å². The van der Waals surface area contributed by atoms with Crippen molar-refractivity contribution in [1.29, 1.82) is 0 Å². The minimum absolute atomic E-state index is 0.172. The fourth-order valence-electron chi connectivity index (χ4n) is 1.13. The second-order valence-corrected chi connectivity index (χ2v) is 2.80. The van der Waals surface area contributed by atoms with Gasteiger partial charge in [-0.2, -0.15) is 0 Å². The molecule has 3 nitrogen and oxygen atoms in total. The minimum atomic E-state index is -1.62. The van der Waals surface area contributed by atoms with E-state index < -0.39 is 12.9 Å². The Morgan fingerprint density at radius 1 is 1.38 bits per heavy atom. The summed E-state index contributed by atoms with van der Waals surface area (Å²) in [6, 6.07) is 4.00. The van der Waals surface area contributed by atoms with Crippen LogP contribution in [0.25, 0.3) is 0 Å². The maximum absolute atomic E-state index is 12.9. The Balaban J connectivity index is 2.96. The van der Waals surface area contributed by atoms with Crippen molar-refractivity contribution in [1.82, 2.24) is 5.32 Å². The van der Waals surface area contributed by atoms with Gasteiger partial charge in [0, 0.05) is 6.54 Å². The molecule has 0 radical (unpaired) electrons. The Kier molecular flexibility index (Phi) is 3.42. The summed E-state index contributed by atoms with van der Waals surface area (Å²) in [5.41, 5.74) is 0.857. The van der Waals surface area contributed by atoms with Crippen LogP contribution in [-0.2, 0) is 6.54 Å². The highest BCUT2D eigenvalue weighted by molar-refractivity contribution is 6.58. The normalized spacial score (nSPS) is 10.2. The fourth-order valence-corrected chi connectivity index (χ4v) is 1.13. The van der Waals surface area contributed by atoms with E-state index in [4.69, 9.17) is 10.0 Å². The third-order valence-electron chi connectivity index (χ3n) is 1.66. The van der Waals surface area contributed by atoms with Crippen LogP contribution in [0.4, 0.5) is 4.39 Å². The molecule has 0 aliphatic rings. The zero-order valence-electron chi connectivity index (χ0n) is 7.29. The number of halogens is 1. The highest BCUT2D eigenvalue weighted by atomic mass is 19.1. The highest BCUT2D eigenvalue weighted by Gasteiger charge is 2.12. The van der Waals surface area contributed by atoms with Crippen LogP contribution in [0.5, 0.6) is 0 Å². The molecule has 13 heavy (non-hydrogen) atoms. The molecular weight excluding hydrogens is 172 g/mol. The second-order valence-electron chi connectivity index (χ2n) is 2.80. The van der Waals surface area contributed by atoms with Gasteiger partial charge in [-0.05, 0) is 30.2 Å². The Hall–Kier alpha value is -0.905. The summed E-state index contributed by atoms with van der Waals surface area (Å²) in [5, 5.41) is 20.5. The molecule has 0 spiro atoms. The van der Waals surface area contributed by atoms with Crippen LogP contribution in [0.2, 0.25) is 0 Å². The van der Waals surface area contributed by atoms with Gasteiger partial charge in [-0.25, -0.2) is 4.39 Å². The van der Waals surface area contributed by atoms with Crippen molar-refractivity contribution >= 4 is 12.6 Å². The van der Waals surface area contributed by atoms with Crippen LogP contribution >= 0.6 is 0 Å². The van der Waals surface area contributed by atoms with Crippen LogP contribution in [0.15, 0.2) is 18.2 Å². The number of nitrogens with one attached hydrogen (secondary N) is 1. The lowest BCUT2D eigenvalue weighted by atomic mass is 9.79. The molecule has 5 heteroatoms. The first-order valence-corrected chi connectivity index (χ1v) is 3.93. The highest BCUT2D eigenvalue weighted by Crippen LogP contribution is 2.01. The molecule has 0 saturated carbocycles. The number of hydrogen-bond acceptors (Lipinski definition) is 3. The van der Waals surface area contributed by atoms with Crippen molar-refractivity contribution in [3.63, 3.8) is 0 Å². The molecule has 0 unspecified atom stereocenters. The summed E-state index contributed by atoms with van der Waals surface area (Å²) < 4.78 is 12.9. The lowest BCUT2D eigenvalue weighted by Crippen LogP contribution is -2.30. The van der Waals surface area contributed by atoms with E-state index in [1.165, 1.54) is 6.07 Å². The van der Waals surface area contributed by atoms with E-state index in [2.05, 4.69) is 5.32 Å². The molecule has 0 atom stereocenters. The minimum Gasteiger partial charge on any atom is -0.423 e. The zero-order valence-corrected chi connectivity index (χ0v) is 7.29. The first-order valence-electron chi connectivity index (χ1n) is 3.93. The summed E-state index contributed by atoms with van der Waals surface area (Å²) >= 11 is 0. The largest absolute Gasteiger partial charge is 0.488 e. The predicted octanol–water partition coefficient (Wildman–Crippen LogP) is -0.775. The van der Waals surface area contributed by atoms with Gasteiger partial charge in [0.25, 0.3) is 0 Å². The van der Waals surface area contributed by atoms with Gasteiger partial charge in [-0.15, -0.1) is 0 Å². The fraction of sp³-hybridized carbons (Fsp3) is 0.250. The maximum Gasteiger partial charge on any atom is 0.488 e. The van der Waals surface area contributed by atoms with E-state index in [1.807, 2.05) is 0 Å². The topological polar surface area (TPSA) is 52.5 Å². The van der Waals surface area contributed by atoms with E-state index in [9.17, 15) is 4.39 Å². The van der Waals surface area contributed by atoms with Gasteiger partial charge in [0.15, 0.2) is 0 Å². The smallest absolute Gasteiger partial charge is 0.423 e. The van der Waals surface area contributed by atoms with Gasteiger partial charge >= 0.3 is 7.12 Å². The van der Waals surface area contributed by atoms with Crippen molar-refractivity contribution in [2.45, 2.75) is 6.54 Å². The molecule has 1 aromatic carbocycles. The SMILES string of the molecule is CNCc1cc(F)cc(B(O)O)c1.